The lowest BCUT2D eigenvalue weighted by Crippen LogP contribution is -2.07. The maximum atomic E-state index is 11.2. The van der Waals surface area contributed by atoms with Gasteiger partial charge in [0, 0.05) is 19.4 Å². The third kappa shape index (κ3) is 13.3. The minimum Gasteiger partial charge on any atom is -0.466 e. The SMILES string of the molecule is CCCOOC(=O)CCCCCOC(=O)CCCCO. The molecule has 1 N–H and O–H groups in total. The fourth-order valence-electron chi connectivity index (χ4n) is 1.42. The van der Waals surface area contributed by atoms with Crippen LogP contribution in [0.4, 0.5) is 0 Å². The quantitative estimate of drug-likeness (QED) is 0.242. The number of aliphatic hydroxyl groups excluding tert-OH is 1. The topological polar surface area (TPSA) is 82.1 Å². The highest BCUT2D eigenvalue weighted by atomic mass is 17.2. The van der Waals surface area contributed by atoms with E-state index < -0.39 is 0 Å². The molecule has 6 nitrogen and oxygen atoms in total. The van der Waals surface area contributed by atoms with Crippen LogP contribution >= 0.6 is 0 Å². The van der Waals surface area contributed by atoms with Crippen LogP contribution in [0.25, 0.3) is 0 Å². The van der Waals surface area contributed by atoms with Gasteiger partial charge in [-0.1, -0.05) is 6.92 Å². The van der Waals surface area contributed by atoms with Gasteiger partial charge in [-0.3, -0.25) is 9.68 Å². The molecule has 0 rings (SSSR count). The van der Waals surface area contributed by atoms with E-state index in [1.807, 2.05) is 6.92 Å². The molecule has 0 amide bonds. The summed E-state index contributed by atoms with van der Waals surface area (Å²) in [7, 11) is 0. The fourth-order valence-corrected chi connectivity index (χ4v) is 1.42. The van der Waals surface area contributed by atoms with Crippen LogP contribution in [0.5, 0.6) is 0 Å². The Bertz CT molecular complexity index is 228. The van der Waals surface area contributed by atoms with Crippen molar-refractivity contribution in [2.24, 2.45) is 0 Å². The van der Waals surface area contributed by atoms with E-state index in [0.29, 0.717) is 45.3 Å². The Kier molecular flexibility index (Phi) is 13.5. The molecule has 20 heavy (non-hydrogen) atoms. The molecule has 0 radical (unpaired) electrons. The summed E-state index contributed by atoms with van der Waals surface area (Å²) in [5, 5.41) is 8.57. The van der Waals surface area contributed by atoms with E-state index in [1.165, 1.54) is 0 Å². The Morgan fingerprint density at radius 3 is 2.30 bits per heavy atom. The minimum atomic E-state index is -0.362. The first-order chi connectivity index (χ1) is 9.70. The Labute approximate surface area is 120 Å². The van der Waals surface area contributed by atoms with Gasteiger partial charge in [0.05, 0.1) is 13.2 Å². The Morgan fingerprint density at radius 1 is 0.900 bits per heavy atom. The molecule has 0 saturated carbocycles. The van der Waals surface area contributed by atoms with Crippen molar-refractivity contribution in [3.8, 4) is 0 Å². The van der Waals surface area contributed by atoms with Crippen molar-refractivity contribution in [2.75, 3.05) is 19.8 Å². The predicted octanol–water partition coefficient (Wildman–Crippen LogP) is 2.14. The van der Waals surface area contributed by atoms with Gasteiger partial charge in [0.25, 0.3) is 0 Å². The fraction of sp³-hybridized carbons (Fsp3) is 0.857. The molecule has 0 fully saturated rings. The molecular formula is C14H26O6. The molecule has 6 heteroatoms. The standard InChI is InChI=1S/C14H26O6/c1-2-11-19-20-14(17)9-4-3-7-12-18-13(16)8-5-6-10-15/h15H,2-12H2,1H3. The van der Waals surface area contributed by atoms with E-state index in [-0.39, 0.29) is 18.5 Å². The second-order valence-electron chi connectivity index (χ2n) is 4.49. The second kappa shape index (κ2) is 14.3. The van der Waals surface area contributed by atoms with Gasteiger partial charge in [-0.15, -0.1) is 0 Å². The van der Waals surface area contributed by atoms with Gasteiger partial charge in [0.15, 0.2) is 0 Å². The van der Waals surface area contributed by atoms with Gasteiger partial charge in [-0.2, -0.15) is 4.89 Å². The monoisotopic (exact) mass is 290 g/mol. The van der Waals surface area contributed by atoms with Crippen LogP contribution in [0.15, 0.2) is 0 Å². The number of ether oxygens (including phenoxy) is 1. The molecule has 0 aliphatic carbocycles. The molecule has 118 valence electrons. The number of carbonyl (C=O) groups excluding carboxylic acids is 2. The van der Waals surface area contributed by atoms with Gasteiger partial charge in [-0.25, -0.2) is 4.79 Å². The number of carbonyl (C=O) groups is 2. The summed E-state index contributed by atoms with van der Waals surface area (Å²) in [6, 6.07) is 0. The summed E-state index contributed by atoms with van der Waals surface area (Å²) >= 11 is 0. The summed E-state index contributed by atoms with van der Waals surface area (Å²) in [5.74, 6) is -0.592. The van der Waals surface area contributed by atoms with Gasteiger partial charge < -0.3 is 9.84 Å². The van der Waals surface area contributed by atoms with Crippen molar-refractivity contribution in [1.82, 2.24) is 0 Å². The van der Waals surface area contributed by atoms with E-state index in [1.54, 1.807) is 0 Å². The van der Waals surface area contributed by atoms with Crippen molar-refractivity contribution in [2.45, 2.75) is 58.3 Å². The van der Waals surface area contributed by atoms with Crippen LogP contribution in [0.3, 0.4) is 0 Å². The Morgan fingerprint density at radius 2 is 1.60 bits per heavy atom. The maximum absolute atomic E-state index is 11.2. The largest absolute Gasteiger partial charge is 0.466 e. The molecule has 0 heterocycles. The van der Waals surface area contributed by atoms with Crippen LogP contribution in [-0.4, -0.2) is 36.9 Å². The maximum Gasteiger partial charge on any atom is 0.342 e. The van der Waals surface area contributed by atoms with E-state index in [2.05, 4.69) is 9.78 Å². The van der Waals surface area contributed by atoms with Crippen molar-refractivity contribution >= 4 is 11.9 Å². The molecular weight excluding hydrogens is 264 g/mol. The van der Waals surface area contributed by atoms with Crippen molar-refractivity contribution < 1.29 is 29.2 Å². The molecule has 0 unspecified atom stereocenters. The number of unbranched alkanes of at least 4 members (excludes halogenated alkanes) is 3. The highest BCUT2D eigenvalue weighted by Crippen LogP contribution is 2.03. The van der Waals surface area contributed by atoms with E-state index >= 15 is 0 Å². The number of rotatable bonds is 13. The molecule has 0 aliphatic heterocycles. The van der Waals surface area contributed by atoms with Crippen molar-refractivity contribution in [1.29, 1.82) is 0 Å². The van der Waals surface area contributed by atoms with Crippen LogP contribution in [0, 0.1) is 0 Å². The highest BCUT2D eigenvalue weighted by Gasteiger charge is 2.05. The smallest absolute Gasteiger partial charge is 0.342 e. The van der Waals surface area contributed by atoms with Crippen LogP contribution in [-0.2, 0) is 24.1 Å². The lowest BCUT2D eigenvalue weighted by molar-refractivity contribution is -0.272. The summed E-state index contributed by atoms with van der Waals surface area (Å²) in [6.07, 6.45) is 4.96. The van der Waals surface area contributed by atoms with Gasteiger partial charge in [-0.05, 0) is 38.5 Å². The van der Waals surface area contributed by atoms with Crippen LogP contribution in [0.1, 0.15) is 58.3 Å². The molecule has 0 saturated heterocycles. The second-order valence-corrected chi connectivity index (χ2v) is 4.49. The molecule has 0 aromatic rings. The molecule has 0 spiro atoms. The first-order valence-electron chi connectivity index (χ1n) is 7.29. The van der Waals surface area contributed by atoms with Gasteiger partial charge in [0.2, 0.25) is 0 Å². The normalized spacial score (nSPS) is 10.3. The number of hydrogen-bond donors (Lipinski definition) is 1. The number of aliphatic hydroxyl groups is 1. The third-order valence-electron chi connectivity index (χ3n) is 2.52. The van der Waals surface area contributed by atoms with E-state index in [9.17, 15) is 9.59 Å². The number of esters is 1. The average Bonchev–Trinajstić information content (AvgIpc) is 2.43. The van der Waals surface area contributed by atoms with Gasteiger partial charge >= 0.3 is 11.9 Å². The molecule has 0 bridgehead atoms. The minimum absolute atomic E-state index is 0.103. The summed E-state index contributed by atoms with van der Waals surface area (Å²) in [5.41, 5.74) is 0. The predicted molar refractivity (Wildman–Crippen MR) is 72.7 cm³/mol. The summed E-state index contributed by atoms with van der Waals surface area (Å²) in [4.78, 5) is 31.6. The number of hydrogen-bond acceptors (Lipinski definition) is 6. The zero-order valence-electron chi connectivity index (χ0n) is 12.3. The highest BCUT2D eigenvalue weighted by molar-refractivity contribution is 5.69. The van der Waals surface area contributed by atoms with Gasteiger partial charge in [0.1, 0.15) is 0 Å². The zero-order chi connectivity index (χ0) is 15.1. The van der Waals surface area contributed by atoms with Crippen LogP contribution in [0.2, 0.25) is 0 Å². The summed E-state index contributed by atoms with van der Waals surface area (Å²) in [6.45, 7) is 2.82. The lowest BCUT2D eigenvalue weighted by atomic mass is 10.2. The molecule has 0 atom stereocenters. The molecule has 0 aromatic carbocycles. The zero-order valence-corrected chi connectivity index (χ0v) is 12.3. The average molecular weight is 290 g/mol. The van der Waals surface area contributed by atoms with E-state index in [0.717, 1.165) is 19.3 Å². The third-order valence-corrected chi connectivity index (χ3v) is 2.52. The molecule has 0 aliphatic rings. The molecule has 0 aromatic heterocycles. The van der Waals surface area contributed by atoms with Crippen LogP contribution < -0.4 is 0 Å². The van der Waals surface area contributed by atoms with Crippen molar-refractivity contribution in [3.05, 3.63) is 0 Å². The van der Waals surface area contributed by atoms with E-state index in [4.69, 9.17) is 9.84 Å². The lowest BCUT2D eigenvalue weighted by Gasteiger charge is -2.05. The van der Waals surface area contributed by atoms with Crippen molar-refractivity contribution in [3.63, 3.8) is 0 Å². The Hall–Kier alpha value is -1.14. The first kappa shape index (κ1) is 18.9. The summed E-state index contributed by atoms with van der Waals surface area (Å²) < 4.78 is 5.01. The Balaban J connectivity index is 3.27. The first-order valence-corrected chi connectivity index (χ1v) is 7.29.